The first kappa shape index (κ1) is 20.1. The van der Waals surface area contributed by atoms with Gasteiger partial charge in [-0.3, -0.25) is 9.69 Å². The van der Waals surface area contributed by atoms with Crippen molar-refractivity contribution in [1.82, 2.24) is 10.2 Å². The van der Waals surface area contributed by atoms with Crippen molar-refractivity contribution in [2.45, 2.75) is 44.7 Å². The SMILES string of the molecule is Cc1cc(C)c(CN2C(=O)NC(C)(c3ccc(S(C)(=O)=O)cc3)C2=O)c(C)c1. The maximum Gasteiger partial charge on any atom is 0.325 e. The molecule has 0 aliphatic carbocycles. The summed E-state index contributed by atoms with van der Waals surface area (Å²) in [4.78, 5) is 27.1. The minimum absolute atomic E-state index is 0.166. The van der Waals surface area contributed by atoms with Gasteiger partial charge in [0.1, 0.15) is 5.54 Å². The fourth-order valence-electron chi connectivity index (χ4n) is 3.69. The lowest BCUT2D eigenvalue weighted by Gasteiger charge is -2.23. The first-order valence-electron chi connectivity index (χ1n) is 8.95. The number of nitrogens with zero attached hydrogens (tertiary/aromatic N) is 1. The van der Waals surface area contributed by atoms with Crippen molar-refractivity contribution >= 4 is 21.8 Å². The van der Waals surface area contributed by atoms with Crippen LogP contribution >= 0.6 is 0 Å². The van der Waals surface area contributed by atoms with Gasteiger partial charge in [-0.05, 0) is 62.1 Å². The fraction of sp³-hybridized carbons (Fsp3) is 0.333. The molecule has 1 N–H and O–H groups in total. The van der Waals surface area contributed by atoms with Gasteiger partial charge in [0.2, 0.25) is 0 Å². The van der Waals surface area contributed by atoms with E-state index < -0.39 is 21.4 Å². The van der Waals surface area contributed by atoms with Crippen LogP contribution in [0, 0.1) is 20.8 Å². The van der Waals surface area contributed by atoms with Crippen LogP contribution in [-0.2, 0) is 26.7 Å². The van der Waals surface area contributed by atoms with Crippen LogP contribution in [0.1, 0.15) is 34.7 Å². The molecule has 1 aliphatic heterocycles. The number of sulfone groups is 1. The van der Waals surface area contributed by atoms with E-state index in [1.807, 2.05) is 32.9 Å². The second kappa shape index (κ2) is 6.74. The van der Waals surface area contributed by atoms with E-state index >= 15 is 0 Å². The molecule has 3 amide bonds. The molecular weight excluding hydrogens is 376 g/mol. The van der Waals surface area contributed by atoms with Gasteiger partial charge >= 0.3 is 6.03 Å². The Kier molecular flexibility index (Phi) is 4.83. The van der Waals surface area contributed by atoms with Crippen LogP contribution in [0.15, 0.2) is 41.3 Å². The van der Waals surface area contributed by atoms with Crippen molar-refractivity contribution in [1.29, 1.82) is 0 Å². The topological polar surface area (TPSA) is 83.6 Å². The second-order valence-corrected chi connectivity index (χ2v) is 9.64. The number of urea groups is 1. The molecular formula is C21H24N2O4S. The summed E-state index contributed by atoms with van der Waals surface area (Å²) in [6, 6.07) is 9.65. The molecule has 148 valence electrons. The lowest BCUT2D eigenvalue weighted by Crippen LogP contribution is -2.40. The predicted molar refractivity (Wildman–Crippen MR) is 107 cm³/mol. The lowest BCUT2D eigenvalue weighted by molar-refractivity contribution is -0.131. The summed E-state index contributed by atoms with van der Waals surface area (Å²) in [6.07, 6.45) is 1.13. The van der Waals surface area contributed by atoms with Crippen molar-refractivity contribution in [2.24, 2.45) is 0 Å². The monoisotopic (exact) mass is 400 g/mol. The molecule has 0 aromatic heterocycles. The first-order chi connectivity index (χ1) is 12.9. The lowest BCUT2D eigenvalue weighted by atomic mass is 9.92. The van der Waals surface area contributed by atoms with Gasteiger partial charge < -0.3 is 5.32 Å². The van der Waals surface area contributed by atoms with Crippen molar-refractivity contribution in [3.05, 3.63) is 64.2 Å². The molecule has 2 aromatic rings. The van der Waals surface area contributed by atoms with Crippen molar-refractivity contribution in [3.63, 3.8) is 0 Å². The Labute approximate surface area is 165 Å². The van der Waals surface area contributed by atoms with Gasteiger partial charge in [0.15, 0.2) is 9.84 Å². The van der Waals surface area contributed by atoms with Crippen molar-refractivity contribution < 1.29 is 18.0 Å². The molecule has 1 heterocycles. The van der Waals surface area contributed by atoms with Gasteiger partial charge in [-0.15, -0.1) is 0 Å². The van der Waals surface area contributed by atoms with Crippen molar-refractivity contribution in [3.8, 4) is 0 Å². The highest BCUT2D eigenvalue weighted by Crippen LogP contribution is 2.31. The maximum absolute atomic E-state index is 13.1. The van der Waals surface area contributed by atoms with Crippen LogP contribution in [0.25, 0.3) is 0 Å². The summed E-state index contributed by atoms with van der Waals surface area (Å²) in [5.74, 6) is -0.357. The minimum Gasteiger partial charge on any atom is -0.319 e. The number of imide groups is 1. The number of hydrogen-bond donors (Lipinski definition) is 1. The molecule has 0 bridgehead atoms. The molecule has 28 heavy (non-hydrogen) atoms. The molecule has 6 nitrogen and oxygen atoms in total. The smallest absolute Gasteiger partial charge is 0.319 e. The summed E-state index contributed by atoms with van der Waals surface area (Å²) >= 11 is 0. The van der Waals surface area contributed by atoms with E-state index in [0.717, 1.165) is 28.5 Å². The third-order valence-electron chi connectivity index (χ3n) is 5.29. The van der Waals surface area contributed by atoms with Gasteiger partial charge in [0, 0.05) is 6.26 Å². The van der Waals surface area contributed by atoms with Gasteiger partial charge in [0.05, 0.1) is 11.4 Å². The number of aryl methyl sites for hydroxylation is 3. The number of hydrogen-bond acceptors (Lipinski definition) is 4. The Balaban J connectivity index is 1.93. The van der Waals surface area contributed by atoms with E-state index in [1.54, 1.807) is 19.1 Å². The molecule has 0 radical (unpaired) electrons. The van der Waals surface area contributed by atoms with E-state index in [0.29, 0.717) is 5.56 Å². The van der Waals surface area contributed by atoms with Gasteiger partial charge in [0.25, 0.3) is 5.91 Å². The fourth-order valence-corrected chi connectivity index (χ4v) is 4.32. The van der Waals surface area contributed by atoms with Crippen molar-refractivity contribution in [2.75, 3.05) is 6.26 Å². The highest BCUT2D eigenvalue weighted by Gasteiger charge is 2.49. The minimum atomic E-state index is -3.33. The normalized spacial score (nSPS) is 19.8. The molecule has 1 aliphatic rings. The molecule has 0 spiro atoms. The third-order valence-corrected chi connectivity index (χ3v) is 6.42. The second-order valence-electron chi connectivity index (χ2n) is 7.62. The maximum atomic E-state index is 13.1. The number of nitrogens with one attached hydrogen (secondary N) is 1. The van der Waals surface area contributed by atoms with Gasteiger partial charge in [-0.25, -0.2) is 13.2 Å². The van der Waals surface area contributed by atoms with E-state index in [4.69, 9.17) is 0 Å². The van der Waals surface area contributed by atoms with Crippen LogP contribution < -0.4 is 5.32 Å². The number of rotatable bonds is 4. The molecule has 1 unspecified atom stereocenters. The zero-order chi connectivity index (χ0) is 20.9. The van der Waals surface area contributed by atoms with Gasteiger partial charge in [-0.1, -0.05) is 29.8 Å². The summed E-state index contributed by atoms with van der Waals surface area (Å²) in [6.45, 7) is 7.78. The van der Waals surface area contributed by atoms with Crippen LogP contribution in [-0.4, -0.2) is 31.5 Å². The Morgan fingerprint density at radius 1 is 1.00 bits per heavy atom. The largest absolute Gasteiger partial charge is 0.325 e. The summed E-state index contributed by atoms with van der Waals surface area (Å²) in [5.41, 5.74) is 3.45. The van der Waals surface area contributed by atoms with Crippen LogP contribution in [0.2, 0.25) is 0 Å². The quantitative estimate of drug-likeness (QED) is 0.800. The Hall–Kier alpha value is -2.67. The molecule has 1 atom stereocenters. The highest BCUT2D eigenvalue weighted by atomic mass is 32.2. The van der Waals surface area contributed by atoms with Crippen LogP contribution in [0.5, 0.6) is 0 Å². The average molecular weight is 401 g/mol. The Bertz CT molecular complexity index is 1050. The molecule has 3 rings (SSSR count). The molecule has 0 saturated carbocycles. The van der Waals surface area contributed by atoms with E-state index in [1.165, 1.54) is 17.0 Å². The summed E-state index contributed by atoms with van der Waals surface area (Å²) in [5, 5.41) is 2.76. The first-order valence-corrected chi connectivity index (χ1v) is 10.8. The number of amides is 3. The standard InChI is InChI=1S/C21H24N2O4S/c1-13-10-14(2)18(15(3)11-13)12-23-19(24)21(4,22-20(23)25)16-6-8-17(9-7-16)28(5,26)27/h6-11H,12H2,1-5H3,(H,22,25). The van der Waals surface area contributed by atoms with E-state index in [-0.39, 0.29) is 17.3 Å². The van der Waals surface area contributed by atoms with E-state index in [2.05, 4.69) is 5.32 Å². The number of carbonyl (C=O) groups excluding carboxylic acids is 2. The number of carbonyl (C=O) groups is 2. The highest BCUT2D eigenvalue weighted by molar-refractivity contribution is 7.90. The molecule has 1 fully saturated rings. The summed E-state index contributed by atoms with van der Waals surface area (Å²) in [7, 11) is -3.33. The molecule has 7 heteroatoms. The Morgan fingerprint density at radius 3 is 2.04 bits per heavy atom. The van der Waals surface area contributed by atoms with Crippen LogP contribution in [0.3, 0.4) is 0 Å². The summed E-state index contributed by atoms with van der Waals surface area (Å²) < 4.78 is 23.3. The third kappa shape index (κ3) is 3.42. The zero-order valence-corrected chi connectivity index (χ0v) is 17.5. The Morgan fingerprint density at radius 2 is 1.54 bits per heavy atom. The predicted octanol–water partition coefficient (Wildman–Crippen LogP) is 2.98. The number of benzene rings is 2. The van der Waals surface area contributed by atoms with Gasteiger partial charge in [-0.2, -0.15) is 0 Å². The zero-order valence-electron chi connectivity index (χ0n) is 16.7. The van der Waals surface area contributed by atoms with Crippen LogP contribution in [0.4, 0.5) is 4.79 Å². The molecule has 2 aromatic carbocycles. The average Bonchev–Trinajstić information content (AvgIpc) is 2.81. The molecule has 1 saturated heterocycles. The van der Waals surface area contributed by atoms with E-state index in [9.17, 15) is 18.0 Å².